The van der Waals surface area contributed by atoms with E-state index in [1.54, 1.807) is 7.11 Å². The van der Waals surface area contributed by atoms with Crippen LogP contribution in [0.4, 0.5) is 0 Å². The highest BCUT2D eigenvalue weighted by atomic mass is 16.5. The van der Waals surface area contributed by atoms with E-state index in [2.05, 4.69) is 4.98 Å². The molecule has 1 unspecified atom stereocenters. The number of hydrogen-bond acceptors (Lipinski definition) is 4. The summed E-state index contributed by atoms with van der Waals surface area (Å²) in [5.74, 6) is 0.794. The van der Waals surface area contributed by atoms with Crippen LogP contribution in [0.2, 0.25) is 0 Å². The molecule has 1 aromatic heterocycles. The zero-order chi connectivity index (χ0) is 15.2. The molecule has 2 rings (SSSR count). The van der Waals surface area contributed by atoms with Crippen molar-refractivity contribution < 1.29 is 9.47 Å². The zero-order valence-electron chi connectivity index (χ0n) is 12.8. The van der Waals surface area contributed by atoms with Crippen molar-refractivity contribution in [3.8, 4) is 5.75 Å². The number of pyridine rings is 1. The van der Waals surface area contributed by atoms with Gasteiger partial charge in [0, 0.05) is 24.1 Å². The largest absolute Gasteiger partial charge is 0.491 e. The first-order valence-electron chi connectivity index (χ1n) is 7.04. The van der Waals surface area contributed by atoms with Gasteiger partial charge in [-0.3, -0.25) is 4.98 Å². The maximum absolute atomic E-state index is 6.42. The summed E-state index contributed by atoms with van der Waals surface area (Å²) >= 11 is 0. The van der Waals surface area contributed by atoms with E-state index < -0.39 is 0 Å². The fourth-order valence-electron chi connectivity index (χ4n) is 2.30. The molecule has 0 aliphatic heterocycles. The van der Waals surface area contributed by atoms with Gasteiger partial charge in [0.2, 0.25) is 0 Å². The first-order chi connectivity index (χ1) is 10.1. The summed E-state index contributed by atoms with van der Waals surface area (Å²) in [7, 11) is 1.66. The predicted molar refractivity (Wildman–Crippen MR) is 83.6 cm³/mol. The van der Waals surface area contributed by atoms with E-state index >= 15 is 0 Å². The number of methoxy groups -OCH3 is 1. The van der Waals surface area contributed by atoms with Crippen molar-refractivity contribution in [3.05, 3.63) is 58.9 Å². The molecule has 1 atom stereocenters. The maximum atomic E-state index is 6.42. The molecule has 0 bridgehead atoms. The average Bonchev–Trinajstić information content (AvgIpc) is 2.47. The van der Waals surface area contributed by atoms with Crippen molar-refractivity contribution in [3.63, 3.8) is 0 Å². The van der Waals surface area contributed by atoms with Gasteiger partial charge in [0.15, 0.2) is 0 Å². The van der Waals surface area contributed by atoms with E-state index in [-0.39, 0.29) is 6.04 Å². The highest BCUT2D eigenvalue weighted by molar-refractivity contribution is 5.42. The van der Waals surface area contributed by atoms with Crippen LogP contribution < -0.4 is 10.5 Å². The third kappa shape index (κ3) is 3.80. The molecule has 0 aliphatic carbocycles. The highest BCUT2D eigenvalue weighted by Crippen LogP contribution is 2.29. The SMILES string of the molecule is COCCOc1ccccc1C(N)c1ccc(C)nc1C. The number of rotatable bonds is 6. The Hall–Kier alpha value is -1.91. The summed E-state index contributed by atoms with van der Waals surface area (Å²) in [5, 5.41) is 0. The molecule has 0 radical (unpaired) electrons. The van der Waals surface area contributed by atoms with E-state index in [1.807, 2.05) is 50.2 Å². The maximum Gasteiger partial charge on any atom is 0.124 e. The van der Waals surface area contributed by atoms with Crippen LogP contribution in [0, 0.1) is 13.8 Å². The summed E-state index contributed by atoms with van der Waals surface area (Å²) in [6.45, 7) is 5.01. The van der Waals surface area contributed by atoms with Gasteiger partial charge in [-0.25, -0.2) is 0 Å². The minimum atomic E-state index is -0.253. The number of para-hydroxylation sites is 1. The molecular weight excluding hydrogens is 264 g/mol. The van der Waals surface area contributed by atoms with Crippen molar-refractivity contribution in [1.82, 2.24) is 4.98 Å². The van der Waals surface area contributed by atoms with E-state index in [4.69, 9.17) is 15.2 Å². The van der Waals surface area contributed by atoms with E-state index in [1.165, 1.54) is 0 Å². The minimum Gasteiger partial charge on any atom is -0.491 e. The third-order valence-corrected chi connectivity index (χ3v) is 3.40. The second kappa shape index (κ2) is 7.20. The molecule has 21 heavy (non-hydrogen) atoms. The third-order valence-electron chi connectivity index (χ3n) is 3.40. The van der Waals surface area contributed by atoms with E-state index in [9.17, 15) is 0 Å². The van der Waals surface area contributed by atoms with E-state index in [0.29, 0.717) is 13.2 Å². The lowest BCUT2D eigenvalue weighted by Crippen LogP contribution is -2.16. The van der Waals surface area contributed by atoms with Crippen LogP contribution in [0.15, 0.2) is 36.4 Å². The minimum absolute atomic E-state index is 0.253. The fraction of sp³-hybridized carbons (Fsp3) is 0.353. The molecule has 0 fully saturated rings. The number of nitrogens with two attached hydrogens (primary N) is 1. The summed E-state index contributed by atoms with van der Waals surface area (Å²) < 4.78 is 10.8. The molecule has 0 saturated carbocycles. The van der Waals surface area contributed by atoms with Crippen molar-refractivity contribution in [2.45, 2.75) is 19.9 Å². The van der Waals surface area contributed by atoms with Gasteiger partial charge < -0.3 is 15.2 Å². The summed E-state index contributed by atoms with van der Waals surface area (Å²) in [6, 6.07) is 11.6. The van der Waals surface area contributed by atoms with Crippen LogP contribution in [0.1, 0.15) is 28.6 Å². The second-order valence-corrected chi connectivity index (χ2v) is 4.98. The molecule has 112 valence electrons. The summed E-state index contributed by atoms with van der Waals surface area (Å²) in [4.78, 5) is 4.48. The zero-order valence-corrected chi connectivity index (χ0v) is 12.8. The van der Waals surface area contributed by atoms with Gasteiger partial charge in [0.05, 0.1) is 12.6 Å². The molecule has 0 aliphatic rings. The molecule has 4 nitrogen and oxygen atoms in total. The highest BCUT2D eigenvalue weighted by Gasteiger charge is 2.16. The van der Waals surface area contributed by atoms with Gasteiger partial charge in [-0.2, -0.15) is 0 Å². The van der Waals surface area contributed by atoms with Crippen molar-refractivity contribution in [1.29, 1.82) is 0 Å². The quantitative estimate of drug-likeness (QED) is 0.830. The van der Waals surface area contributed by atoms with Crippen molar-refractivity contribution >= 4 is 0 Å². The van der Waals surface area contributed by atoms with Gasteiger partial charge in [0.25, 0.3) is 0 Å². The molecule has 1 aromatic carbocycles. The Bertz CT molecular complexity index is 599. The van der Waals surface area contributed by atoms with Crippen LogP contribution in [0.3, 0.4) is 0 Å². The Morgan fingerprint density at radius 2 is 1.81 bits per heavy atom. The molecule has 4 heteroatoms. The molecule has 2 N–H and O–H groups in total. The predicted octanol–water partition coefficient (Wildman–Crippen LogP) is 2.77. The van der Waals surface area contributed by atoms with Gasteiger partial charge in [-0.1, -0.05) is 24.3 Å². The van der Waals surface area contributed by atoms with Crippen LogP contribution in [-0.4, -0.2) is 25.3 Å². The smallest absolute Gasteiger partial charge is 0.124 e. The Morgan fingerprint density at radius 1 is 1.05 bits per heavy atom. The topological polar surface area (TPSA) is 57.4 Å². The Balaban J connectivity index is 2.27. The fourth-order valence-corrected chi connectivity index (χ4v) is 2.30. The molecule has 2 aromatic rings. The second-order valence-electron chi connectivity index (χ2n) is 4.98. The molecule has 0 saturated heterocycles. The number of nitrogens with zero attached hydrogens (tertiary/aromatic N) is 1. The van der Waals surface area contributed by atoms with Crippen LogP contribution >= 0.6 is 0 Å². The monoisotopic (exact) mass is 286 g/mol. The molecule has 0 spiro atoms. The van der Waals surface area contributed by atoms with Gasteiger partial charge in [-0.05, 0) is 31.5 Å². The lowest BCUT2D eigenvalue weighted by Gasteiger charge is -2.18. The Labute approximate surface area is 125 Å². The van der Waals surface area contributed by atoms with Crippen molar-refractivity contribution in [2.75, 3.05) is 20.3 Å². The molecule has 1 heterocycles. The number of hydrogen-bond donors (Lipinski definition) is 1. The number of benzene rings is 1. The van der Waals surface area contributed by atoms with Gasteiger partial charge in [-0.15, -0.1) is 0 Å². The molecular formula is C17H22N2O2. The summed E-state index contributed by atoms with van der Waals surface area (Å²) in [6.07, 6.45) is 0. The number of aromatic nitrogens is 1. The lowest BCUT2D eigenvalue weighted by molar-refractivity contribution is 0.145. The van der Waals surface area contributed by atoms with Crippen LogP contribution in [-0.2, 0) is 4.74 Å². The van der Waals surface area contributed by atoms with Crippen molar-refractivity contribution in [2.24, 2.45) is 5.73 Å². The van der Waals surface area contributed by atoms with Gasteiger partial charge >= 0.3 is 0 Å². The number of aryl methyl sites for hydroxylation is 2. The average molecular weight is 286 g/mol. The normalized spacial score (nSPS) is 12.2. The van der Waals surface area contributed by atoms with Crippen LogP contribution in [0.25, 0.3) is 0 Å². The summed E-state index contributed by atoms with van der Waals surface area (Å²) in [5.41, 5.74) is 10.3. The first-order valence-corrected chi connectivity index (χ1v) is 7.04. The first kappa shape index (κ1) is 15.5. The van der Waals surface area contributed by atoms with Gasteiger partial charge in [0.1, 0.15) is 12.4 Å². The number of ether oxygens (including phenoxy) is 2. The molecule has 0 amide bonds. The Morgan fingerprint density at radius 3 is 2.52 bits per heavy atom. The standard InChI is InChI=1S/C17H22N2O2/c1-12-8-9-14(13(2)19-12)17(18)15-6-4-5-7-16(15)21-11-10-20-3/h4-9,17H,10-11,18H2,1-3H3. The van der Waals surface area contributed by atoms with E-state index in [0.717, 1.165) is 28.3 Å². The lowest BCUT2D eigenvalue weighted by atomic mass is 9.97. The van der Waals surface area contributed by atoms with Crippen LogP contribution in [0.5, 0.6) is 5.75 Å². The Kier molecular flexibility index (Phi) is 5.31.